The third-order valence-electron chi connectivity index (χ3n) is 4.66. The van der Waals surface area contributed by atoms with Crippen molar-refractivity contribution in [2.24, 2.45) is 0 Å². The zero-order valence-corrected chi connectivity index (χ0v) is 18.7. The fourth-order valence-corrected chi connectivity index (χ4v) is 4.01. The van der Waals surface area contributed by atoms with Crippen molar-refractivity contribution in [1.82, 2.24) is 14.9 Å². The number of aromatic nitrogens is 3. The van der Waals surface area contributed by atoms with Crippen LogP contribution in [0.2, 0.25) is 0 Å². The van der Waals surface area contributed by atoms with Crippen LogP contribution in [0.25, 0.3) is 11.4 Å². The number of carbonyl (C=O) groups excluding carboxylic acids is 1. The van der Waals surface area contributed by atoms with Gasteiger partial charge in [0.2, 0.25) is 11.1 Å². The summed E-state index contributed by atoms with van der Waals surface area (Å²) in [4.78, 5) is 12.7. The zero-order chi connectivity index (χ0) is 21.8. The van der Waals surface area contributed by atoms with Gasteiger partial charge in [0.05, 0.1) is 11.9 Å². The predicted molar refractivity (Wildman–Crippen MR) is 121 cm³/mol. The third-order valence-corrected chi connectivity index (χ3v) is 5.72. The topological polar surface area (TPSA) is 95.1 Å². The number of rotatable bonds is 7. The van der Waals surface area contributed by atoms with Gasteiger partial charge in [-0.25, -0.2) is 4.68 Å². The van der Waals surface area contributed by atoms with E-state index in [1.807, 2.05) is 58.9 Å². The van der Waals surface area contributed by atoms with Gasteiger partial charge >= 0.3 is 0 Å². The molecule has 0 fully saturated rings. The molecule has 1 aromatic heterocycles. The lowest BCUT2D eigenvalue weighted by atomic mass is 10.1. The summed E-state index contributed by atoms with van der Waals surface area (Å²) in [6.07, 6.45) is 0. The van der Waals surface area contributed by atoms with Crippen molar-refractivity contribution < 1.29 is 9.53 Å². The Bertz CT molecular complexity index is 1020. The number of anilines is 1. The highest BCUT2D eigenvalue weighted by Gasteiger charge is 2.21. The molecule has 0 aliphatic heterocycles. The number of benzene rings is 2. The van der Waals surface area contributed by atoms with Crippen molar-refractivity contribution in [2.45, 2.75) is 45.0 Å². The minimum atomic E-state index is -0.398. The lowest BCUT2D eigenvalue weighted by Crippen LogP contribution is -2.24. The van der Waals surface area contributed by atoms with Gasteiger partial charge in [-0.15, -0.1) is 10.2 Å². The van der Waals surface area contributed by atoms with Gasteiger partial charge in [0.15, 0.2) is 5.82 Å². The molecule has 3 aromatic rings. The Labute approximate surface area is 181 Å². The van der Waals surface area contributed by atoms with Crippen molar-refractivity contribution in [2.75, 3.05) is 17.8 Å². The second kappa shape index (κ2) is 9.21. The minimum Gasteiger partial charge on any atom is -0.494 e. The molecule has 1 amide bonds. The number of ether oxygens (including phenoxy) is 1. The van der Waals surface area contributed by atoms with E-state index in [4.69, 9.17) is 10.6 Å². The molecule has 7 nitrogen and oxygen atoms in total. The number of nitrogens with one attached hydrogen (secondary N) is 1. The van der Waals surface area contributed by atoms with Crippen molar-refractivity contribution in [1.29, 1.82) is 0 Å². The van der Waals surface area contributed by atoms with E-state index in [1.54, 1.807) is 0 Å². The molecule has 30 heavy (non-hydrogen) atoms. The predicted octanol–water partition coefficient (Wildman–Crippen LogP) is 4.10. The first-order valence-corrected chi connectivity index (χ1v) is 10.7. The van der Waals surface area contributed by atoms with E-state index < -0.39 is 5.25 Å². The standard InChI is InChI=1S/C22H27N5O2S/c1-6-29-18-9-7-17(8-10-18)20-25-26-22(27(20)23)30-16(5)21(28)24-19-14(3)11-13(2)12-15(19)4/h7-12,16H,6,23H2,1-5H3,(H,24,28)/t16-/m0/s1. The average Bonchev–Trinajstić information content (AvgIpc) is 3.05. The Balaban J connectivity index is 1.71. The summed E-state index contributed by atoms with van der Waals surface area (Å²) in [5.74, 6) is 7.40. The first-order chi connectivity index (χ1) is 14.3. The number of amides is 1. The van der Waals surface area contributed by atoms with E-state index >= 15 is 0 Å². The van der Waals surface area contributed by atoms with Gasteiger partial charge in [0, 0.05) is 11.3 Å². The molecule has 0 spiro atoms. The second-order valence-electron chi connectivity index (χ2n) is 7.16. The van der Waals surface area contributed by atoms with E-state index in [1.165, 1.54) is 22.0 Å². The van der Waals surface area contributed by atoms with Crippen molar-refractivity contribution in [3.63, 3.8) is 0 Å². The highest BCUT2D eigenvalue weighted by atomic mass is 32.2. The molecule has 158 valence electrons. The van der Waals surface area contributed by atoms with Crippen molar-refractivity contribution >= 4 is 23.4 Å². The minimum absolute atomic E-state index is 0.110. The van der Waals surface area contributed by atoms with Gasteiger partial charge in [-0.3, -0.25) is 4.79 Å². The molecule has 1 heterocycles. The Morgan fingerprint density at radius 2 is 1.80 bits per heavy atom. The summed E-state index contributed by atoms with van der Waals surface area (Å²) >= 11 is 1.27. The number of thioether (sulfide) groups is 1. The Kier molecular flexibility index (Phi) is 6.66. The van der Waals surface area contributed by atoms with Gasteiger partial charge in [-0.05, 0) is 70.0 Å². The lowest BCUT2D eigenvalue weighted by molar-refractivity contribution is -0.115. The van der Waals surface area contributed by atoms with Crippen LogP contribution < -0.4 is 15.9 Å². The normalized spacial score (nSPS) is 11.9. The van der Waals surface area contributed by atoms with Gasteiger partial charge in [-0.1, -0.05) is 29.5 Å². The van der Waals surface area contributed by atoms with E-state index in [9.17, 15) is 4.79 Å². The summed E-state index contributed by atoms with van der Waals surface area (Å²) in [5.41, 5.74) is 4.92. The number of aryl methyl sites for hydroxylation is 3. The number of nitrogens with zero attached hydrogens (tertiary/aromatic N) is 3. The molecule has 3 N–H and O–H groups in total. The highest BCUT2D eigenvalue weighted by molar-refractivity contribution is 8.00. The van der Waals surface area contributed by atoms with E-state index in [-0.39, 0.29) is 5.91 Å². The first kappa shape index (κ1) is 21.7. The van der Waals surface area contributed by atoms with Crippen LogP contribution in [0.15, 0.2) is 41.6 Å². The molecule has 0 saturated carbocycles. The number of nitrogens with two attached hydrogens (primary N) is 1. The van der Waals surface area contributed by atoms with Gasteiger partial charge < -0.3 is 15.9 Å². The fraction of sp³-hybridized carbons (Fsp3) is 0.318. The number of hydrogen-bond acceptors (Lipinski definition) is 6. The van der Waals surface area contributed by atoms with Crippen LogP contribution in [-0.2, 0) is 4.79 Å². The van der Waals surface area contributed by atoms with Crippen LogP contribution in [0.4, 0.5) is 5.69 Å². The molecule has 0 aliphatic rings. The molecule has 0 aliphatic carbocycles. The van der Waals surface area contributed by atoms with Crippen LogP contribution in [0.3, 0.4) is 0 Å². The summed E-state index contributed by atoms with van der Waals surface area (Å²) in [6, 6.07) is 11.6. The van der Waals surface area contributed by atoms with Crippen molar-refractivity contribution in [3.8, 4) is 17.1 Å². The number of carbonyl (C=O) groups is 1. The quantitative estimate of drug-likeness (QED) is 0.437. The molecule has 2 aromatic carbocycles. The van der Waals surface area contributed by atoms with Crippen LogP contribution in [0.5, 0.6) is 5.75 Å². The van der Waals surface area contributed by atoms with Gasteiger partial charge in [0.25, 0.3) is 0 Å². The highest BCUT2D eigenvalue weighted by Crippen LogP contribution is 2.28. The maximum absolute atomic E-state index is 12.7. The summed E-state index contributed by atoms with van der Waals surface area (Å²) in [5, 5.41) is 11.5. The summed E-state index contributed by atoms with van der Waals surface area (Å²) in [6.45, 7) is 10.4. The number of hydrogen-bond donors (Lipinski definition) is 2. The smallest absolute Gasteiger partial charge is 0.237 e. The molecule has 0 saturated heterocycles. The Hall–Kier alpha value is -3.00. The molecule has 0 radical (unpaired) electrons. The van der Waals surface area contributed by atoms with Crippen LogP contribution in [0, 0.1) is 20.8 Å². The SMILES string of the molecule is CCOc1ccc(-c2nnc(S[C@@H](C)C(=O)Nc3c(C)cc(C)cc3C)n2N)cc1. The van der Waals surface area contributed by atoms with E-state index in [2.05, 4.69) is 27.6 Å². The second-order valence-corrected chi connectivity index (χ2v) is 8.46. The molecule has 0 unspecified atom stereocenters. The third kappa shape index (κ3) is 4.76. The molecule has 8 heteroatoms. The van der Waals surface area contributed by atoms with Gasteiger partial charge in [-0.2, -0.15) is 0 Å². The van der Waals surface area contributed by atoms with Crippen LogP contribution >= 0.6 is 11.8 Å². The van der Waals surface area contributed by atoms with Gasteiger partial charge in [0.1, 0.15) is 5.75 Å². The molecule has 1 atom stereocenters. The molecular formula is C22H27N5O2S. The maximum Gasteiger partial charge on any atom is 0.237 e. The fourth-order valence-electron chi connectivity index (χ4n) is 3.23. The zero-order valence-electron chi connectivity index (χ0n) is 17.9. The number of nitrogen functional groups attached to an aromatic ring is 1. The largest absolute Gasteiger partial charge is 0.494 e. The van der Waals surface area contributed by atoms with Crippen LogP contribution in [-0.4, -0.2) is 32.6 Å². The molecular weight excluding hydrogens is 398 g/mol. The average molecular weight is 426 g/mol. The van der Waals surface area contributed by atoms with Crippen molar-refractivity contribution in [3.05, 3.63) is 53.1 Å². The summed E-state index contributed by atoms with van der Waals surface area (Å²) < 4.78 is 6.87. The monoisotopic (exact) mass is 425 g/mol. The first-order valence-electron chi connectivity index (χ1n) is 9.79. The Morgan fingerprint density at radius 3 is 2.40 bits per heavy atom. The summed E-state index contributed by atoms with van der Waals surface area (Å²) in [7, 11) is 0. The van der Waals surface area contributed by atoms with Crippen LogP contribution in [0.1, 0.15) is 30.5 Å². The van der Waals surface area contributed by atoms with E-state index in [0.29, 0.717) is 17.6 Å². The lowest BCUT2D eigenvalue weighted by Gasteiger charge is -2.16. The molecule has 0 bridgehead atoms. The Morgan fingerprint density at radius 1 is 1.17 bits per heavy atom. The maximum atomic E-state index is 12.7. The van der Waals surface area contributed by atoms with E-state index in [0.717, 1.165) is 28.1 Å². The molecule has 3 rings (SSSR count).